The summed E-state index contributed by atoms with van der Waals surface area (Å²) in [7, 11) is 0. The summed E-state index contributed by atoms with van der Waals surface area (Å²) >= 11 is 1.33. The highest BCUT2D eigenvalue weighted by molar-refractivity contribution is 7.13. The van der Waals surface area contributed by atoms with Crippen LogP contribution >= 0.6 is 11.3 Å². The number of aromatic nitrogens is 3. The molecule has 0 N–H and O–H groups in total. The van der Waals surface area contributed by atoms with E-state index in [1.807, 2.05) is 6.92 Å². The summed E-state index contributed by atoms with van der Waals surface area (Å²) in [6.07, 6.45) is 7.79. The lowest BCUT2D eigenvalue weighted by molar-refractivity contribution is -0.122. The Bertz CT molecular complexity index is 1010. The molecule has 204 valence electrons. The molecule has 0 amide bonds. The Labute approximate surface area is 219 Å². The summed E-state index contributed by atoms with van der Waals surface area (Å²) < 4.78 is 52.2. The van der Waals surface area contributed by atoms with Crippen LogP contribution < -0.4 is 9.47 Å². The van der Waals surface area contributed by atoms with Gasteiger partial charge in [0.05, 0.1) is 23.8 Å². The van der Waals surface area contributed by atoms with Crippen molar-refractivity contribution in [3.05, 3.63) is 28.7 Å². The zero-order valence-corrected chi connectivity index (χ0v) is 22.3. The Hall–Kier alpha value is -2.27. The van der Waals surface area contributed by atoms with Crippen molar-refractivity contribution in [2.24, 2.45) is 5.92 Å². The van der Waals surface area contributed by atoms with Crippen LogP contribution in [0.15, 0.2) is 12.4 Å². The molecule has 0 spiro atoms. The van der Waals surface area contributed by atoms with Crippen LogP contribution in [0.2, 0.25) is 0 Å². The van der Waals surface area contributed by atoms with Gasteiger partial charge in [-0.3, -0.25) is 9.78 Å². The third-order valence-corrected chi connectivity index (χ3v) is 8.13. The van der Waals surface area contributed by atoms with Crippen molar-refractivity contribution in [2.45, 2.75) is 76.8 Å². The second kappa shape index (κ2) is 12.1. The van der Waals surface area contributed by atoms with Gasteiger partial charge in [0.15, 0.2) is 12.4 Å². The molecule has 4 rings (SSSR count). The van der Waals surface area contributed by atoms with Crippen molar-refractivity contribution >= 4 is 17.1 Å². The number of rotatable bonds is 11. The van der Waals surface area contributed by atoms with Crippen LogP contribution in [0.3, 0.4) is 0 Å². The molecular weight excluding hydrogens is 505 g/mol. The predicted octanol–water partition coefficient (Wildman–Crippen LogP) is 5.00. The molecule has 3 heterocycles. The van der Waals surface area contributed by atoms with Crippen molar-refractivity contribution in [3.8, 4) is 11.1 Å². The van der Waals surface area contributed by atoms with Crippen LogP contribution in [0.1, 0.15) is 61.7 Å². The van der Waals surface area contributed by atoms with Crippen molar-refractivity contribution < 1.29 is 27.4 Å². The number of carbonyl (C=O) groups is 1. The van der Waals surface area contributed by atoms with Gasteiger partial charge in [0, 0.05) is 44.3 Å². The number of carbonyl (C=O) groups excluding carboxylic acids is 1. The Balaban J connectivity index is 1.15. The van der Waals surface area contributed by atoms with Crippen molar-refractivity contribution in [2.75, 3.05) is 32.8 Å². The molecule has 0 atom stereocenters. The topological polar surface area (TPSA) is 77.4 Å². The smallest absolute Gasteiger partial charge is 0.278 e. The van der Waals surface area contributed by atoms with E-state index in [0.29, 0.717) is 62.6 Å². The van der Waals surface area contributed by atoms with E-state index in [1.54, 1.807) is 6.20 Å². The average Bonchev–Trinajstić information content (AvgIpc) is 3.15. The van der Waals surface area contributed by atoms with E-state index in [-0.39, 0.29) is 18.3 Å². The number of aryl methyl sites for hydroxylation is 1. The van der Waals surface area contributed by atoms with Crippen LogP contribution in [-0.4, -0.2) is 70.1 Å². The van der Waals surface area contributed by atoms with Crippen molar-refractivity contribution in [1.82, 2.24) is 19.9 Å². The third-order valence-electron chi connectivity index (χ3n) is 7.06. The number of nitrogens with zero attached hydrogens (tertiary/aromatic N) is 4. The van der Waals surface area contributed by atoms with Crippen molar-refractivity contribution in [1.29, 1.82) is 0 Å². The lowest BCUT2D eigenvalue weighted by atomic mass is 9.76. The fraction of sp³-hybridized carbons (Fsp3) is 0.692. The minimum atomic E-state index is -2.89. The summed E-state index contributed by atoms with van der Waals surface area (Å²) in [6, 6.07) is 0. The molecule has 11 heteroatoms. The van der Waals surface area contributed by atoms with Crippen LogP contribution in [0.25, 0.3) is 0 Å². The third kappa shape index (κ3) is 8.63. The van der Waals surface area contributed by atoms with E-state index in [9.17, 15) is 13.6 Å². The second-order valence-corrected chi connectivity index (χ2v) is 11.5. The van der Waals surface area contributed by atoms with E-state index in [4.69, 9.17) is 9.47 Å². The predicted molar refractivity (Wildman–Crippen MR) is 134 cm³/mol. The summed E-state index contributed by atoms with van der Waals surface area (Å²) in [4.78, 5) is 28.2. The van der Waals surface area contributed by atoms with Gasteiger partial charge in [-0.1, -0.05) is 11.3 Å². The summed E-state index contributed by atoms with van der Waals surface area (Å²) in [5.41, 5.74) is 0.485. The standard InChI is InChI=1S/C26H35F3N4O3S/c1-18-14-31-23(15-30-18)35-16-20(34)13-19-3-7-26(29,8-4-19)9-12-33-10-5-21-22(6-11-33)37-24(32-21)36-17-25(2,27)28/h14-15,19H,3-13,16-17H2,1-2H3. The zero-order chi connectivity index (χ0) is 26.5. The van der Waals surface area contributed by atoms with Crippen LogP contribution in [0, 0.1) is 12.8 Å². The normalized spacial score (nSPS) is 22.8. The minimum absolute atomic E-state index is 0.00124. The highest BCUT2D eigenvalue weighted by atomic mass is 32.1. The number of halogens is 3. The second-order valence-electron chi connectivity index (χ2n) is 10.4. The van der Waals surface area contributed by atoms with Gasteiger partial charge in [0.25, 0.3) is 11.1 Å². The van der Waals surface area contributed by atoms with E-state index >= 15 is 4.39 Å². The maximum Gasteiger partial charge on any atom is 0.278 e. The number of thiazole rings is 1. The number of fused-ring (bicyclic) bond motifs is 1. The summed E-state index contributed by atoms with van der Waals surface area (Å²) in [5, 5.41) is 0.299. The molecule has 0 bridgehead atoms. The Morgan fingerprint density at radius 1 is 1.19 bits per heavy atom. The summed E-state index contributed by atoms with van der Waals surface area (Å²) in [5.74, 6) is -2.36. The van der Waals surface area contributed by atoms with Crippen LogP contribution in [-0.2, 0) is 17.6 Å². The van der Waals surface area contributed by atoms with Gasteiger partial charge in [0.2, 0.25) is 5.88 Å². The largest absolute Gasteiger partial charge is 0.469 e. The molecule has 1 aliphatic heterocycles. The summed E-state index contributed by atoms with van der Waals surface area (Å²) in [6.45, 7) is 4.17. The average molecular weight is 541 g/mol. The van der Waals surface area contributed by atoms with Gasteiger partial charge in [-0.2, -0.15) is 0 Å². The van der Waals surface area contributed by atoms with Gasteiger partial charge < -0.3 is 14.4 Å². The van der Waals surface area contributed by atoms with Crippen LogP contribution in [0.4, 0.5) is 13.2 Å². The van der Waals surface area contributed by atoms with Gasteiger partial charge >= 0.3 is 0 Å². The molecule has 1 fully saturated rings. The highest BCUT2D eigenvalue weighted by Gasteiger charge is 2.36. The highest BCUT2D eigenvalue weighted by Crippen LogP contribution is 2.39. The number of ketones is 1. The van der Waals surface area contributed by atoms with Crippen molar-refractivity contribution in [3.63, 3.8) is 0 Å². The number of hydrogen-bond acceptors (Lipinski definition) is 8. The fourth-order valence-electron chi connectivity index (χ4n) is 4.86. The maximum atomic E-state index is 15.5. The van der Waals surface area contributed by atoms with Gasteiger partial charge in [-0.25, -0.2) is 23.1 Å². The SMILES string of the molecule is Cc1cnc(OCC(=O)CC2CCC(F)(CCN3CCc4nc(OCC(C)(F)F)sc4CC3)CC2)cn1. The van der Waals surface area contributed by atoms with Gasteiger partial charge in [0.1, 0.15) is 12.3 Å². The van der Waals surface area contributed by atoms with E-state index in [0.717, 1.165) is 42.7 Å². The Kier molecular flexibility index (Phi) is 9.05. The monoisotopic (exact) mass is 540 g/mol. The quantitative estimate of drug-likeness (QED) is 0.397. The lowest BCUT2D eigenvalue weighted by Gasteiger charge is -2.35. The minimum Gasteiger partial charge on any atom is -0.469 e. The number of alkyl halides is 3. The van der Waals surface area contributed by atoms with E-state index in [2.05, 4.69) is 19.9 Å². The van der Waals surface area contributed by atoms with E-state index in [1.165, 1.54) is 17.5 Å². The fourth-order valence-corrected chi connectivity index (χ4v) is 5.80. The first-order valence-electron chi connectivity index (χ1n) is 12.9. The maximum absolute atomic E-state index is 15.5. The molecule has 2 aliphatic rings. The first kappa shape index (κ1) is 27.8. The van der Waals surface area contributed by atoms with E-state index < -0.39 is 18.2 Å². The molecule has 1 aliphatic carbocycles. The molecule has 7 nitrogen and oxygen atoms in total. The number of Topliss-reactive ketones (excluding diaryl/α,β-unsaturated/α-hetero) is 1. The molecule has 37 heavy (non-hydrogen) atoms. The molecule has 0 unspecified atom stereocenters. The zero-order valence-electron chi connectivity index (χ0n) is 21.5. The Morgan fingerprint density at radius 3 is 2.65 bits per heavy atom. The number of hydrogen-bond donors (Lipinski definition) is 0. The first-order chi connectivity index (χ1) is 17.6. The van der Waals surface area contributed by atoms with Gasteiger partial charge in [-0.15, -0.1) is 0 Å². The molecule has 0 saturated heterocycles. The molecular formula is C26H35F3N4O3S. The molecule has 2 aromatic rings. The molecule has 1 saturated carbocycles. The van der Waals surface area contributed by atoms with Crippen LogP contribution in [0.5, 0.6) is 11.1 Å². The first-order valence-corrected chi connectivity index (χ1v) is 13.7. The number of ether oxygens (including phenoxy) is 2. The molecule has 0 aromatic carbocycles. The van der Waals surface area contributed by atoms with Gasteiger partial charge in [-0.05, 0) is 51.4 Å². The molecule has 2 aromatic heterocycles. The molecule has 0 radical (unpaired) electrons. The Morgan fingerprint density at radius 2 is 1.95 bits per heavy atom. The lowest BCUT2D eigenvalue weighted by Crippen LogP contribution is -2.36.